The van der Waals surface area contributed by atoms with Gasteiger partial charge in [-0.3, -0.25) is 10.1 Å². The Balaban J connectivity index is 3.64. The molecule has 2 atom stereocenters. The molecule has 0 aromatic rings. The highest BCUT2D eigenvalue weighted by Crippen LogP contribution is 2.05. The van der Waals surface area contributed by atoms with Crippen LogP contribution < -0.4 is 0 Å². The normalized spacial score (nSPS) is 17.4. The van der Waals surface area contributed by atoms with Crippen LogP contribution in [0.3, 0.4) is 0 Å². The maximum Gasteiger partial charge on any atom is 0.222 e. The highest BCUT2D eigenvalue weighted by molar-refractivity contribution is 9.09. The van der Waals surface area contributed by atoms with Crippen molar-refractivity contribution >= 4 is 15.9 Å². The average molecular weight is 182 g/mol. The molecule has 0 spiro atoms. The Hall–Kier alpha value is -0.120. The molecule has 0 fully saturated rings. The summed E-state index contributed by atoms with van der Waals surface area (Å²) in [6.07, 6.45) is 0. The molecule has 8 heavy (non-hydrogen) atoms. The van der Waals surface area contributed by atoms with Crippen LogP contribution in [-0.4, -0.2) is 15.8 Å². The first-order valence-corrected chi connectivity index (χ1v) is 3.25. The van der Waals surface area contributed by atoms with Gasteiger partial charge in [-0.15, -0.1) is 0 Å². The number of halogens is 1. The maximum absolute atomic E-state index is 9.92. The van der Waals surface area contributed by atoms with E-state index in [-0.39, 0.29) is 9.75 Å². The van der Waals surface area contributed by atoms with Crippen LogP contribution in [0.1, 0.15) is 13.8 Å². The summed E-state index contributed by atoms with van der Waals surface area (Å²) in [5, 5.41) is 9.92. The third kappa shape index (κ3) is 2.26. The number of hydrogen-bond donors (Lipinski definition) is 0. The van der Waals surface area contributed by atoms with Crippen molar-refractivity contribution in [2.45, 2.75) is 24.7 Å². The van der Waals surface area contributed by atoms with Crippen molar-refractivity contribution in [3.63, 3.8) is 0 Å². The van der Waals surface area contributed by atoms with E-state index in [0.717, 1.165) is 0 Å². The number of nitro groups is 1. The van der Waals surface area contributed by atoms with E-state index < -0.39 is 6.04 Å². The maximum atomic E-state index is 9.92. The van der Waals surface area contributed by atoms with Crippen molar-refractivity contribution < 1.29 is 4.92 Å². The zero-order valence-corrected chi connectivity index (χ0v) is 6.38. The Labute approximate surface area is 56.4 Å². The smallest absolute Gasteiger partial charge is 0.222 e. The Morgan fingerprint density at radius 3 is 2.00 bits per heavy atom. The van der Waals surface area contributed by atoms with Gasteiger partial charge in [-0.2, -0.15) is 0 Å². The average Bonchev–Trinajstić information content (AvgIpc) is 1.64. The molecule has 0 bridgehead atoms. The van der Waals surface area contributed by atoms with Crippen molar-refractivity contribution in [1.29, 1.82) is 0 Å². The highest BCUT2D eigenvalue weighted by Gasteiger charge is 2.17. The lowest BCUT2D eigenvalue weighted by Gasteiger charge is -2.02. The predicted octanol–water partition coefficient (Wildman–Crippen LogP) is 1.43. The topological polar surface area (TPSA) is 43.1 Å². The molecular weight excluding hydrogens is 174 g/mol. The van der Waals surface area contributed by atoms with Gasteiger partial charge in [-0.1, -0.05) is 15.9 Å². The molecular formula is C4H8BrNO2. The first-order chi connectivity index (χ1) is 3.55. The second-order valence-corrected chi connectivity index (χ2v) is 3.15. The molecule has 0 rings (SSSR count). The molecule has 0 radical (unpaired) electrons. The fraction of sp³-hybridized carbons (Fsp3) is 1.00. The lowest BCUT2D eigenvalue weighted by Crippen LogP contribution is -2.23. The first kappa shape index (κ1) is 7.88. The van der Waals surface area contributed by atoms with Crippen molar-refractivity contribution in [3.8, 4) is 0 Å². The summed E-state index contributed by atoms with van der Waals surface area (Å²) in [4.78, 5) is 9.57. The van der Waals surface area contributed by atoms with E-state index in [1.807, 2.05) is 0 Å². The van der Waals surface area contributed by atoms with Gasteiger partial charge in [0.2, 0.25) is 6.04 Å². The fourth-order valence-corrected chi connectivity index (χ4v) is 0.361. The molecule has 3 nitrogen and oxygen atoms in total. The molecule has 0 heterocycles. The predicted molar refractivity (Wildman–Crippen MR) is 34.8 cm³/mol. The van der Waals surface area contributed by atoms with Crippen LogP contribution >= 0.6 is 15.9 Å². The van der Waals surface area contributed by atoms with Gasteiger partial charge < -0.3 is 0 Å². The molecule has 0 N–H and O–H groups in total. The molecule has 0 aliphatic carbocycles. The van der Waals surface area contributed by atoms with Crippen molar-refractivity contribution in [3.05, 3.63) is 10.1 Å². The van der Waals surface area contributed by atoms with E-state index in [1.165, 1.54) is 0 Å². The SMILES string of the molecule is CC(Br)[C@H](C)[N+](=O)[O-]. The zero-order valence-electron chi connectivity index (χ0n) is 4.80. The van der Waals surface area contributed by atoms with Gasteiger partial charge in [0, 0.05) is 11.8 Å². The minimum absolute atomic E-state index is 0.0440. The van der Waals surface area contributed by atoms with E-state index in [9.17, 15) is 10.1 Å². The highest BCUT2D eigenvalue weighted by atomic mass is 79.9. The monoisotopic (exact) mass is 181 g/mol. The molecule has 0 aromatic carbocycles. The van der Waals surface area contributed by atoms with Gasteiger partial charge >= 0.3 is 0 Å². The summed E-state index contributed by atoms with van der Waals surface area (Å²) in [6.45, 7) is 3.33. The third-order valence-electron chi connectivity index (χ3n) is 0.997. The molecule has 48 valence electrons. The third-order valence-corrected chi connectivity index (χ3v) is 1.76. The van der Waals surface area contributed by atoms with E-state index in [4.69, 9.17) is 0 Å². The van der Waals surface area contributed by atoms with Gasteiger partial charge in [0.05, 0.1) is 4.83 Å². The molecule has 0 amide bonds. The zero-order chi connectivity index (χ0) is 6.73. The summed E-state index contributed by atoms with van der Waals surface area (Å²) in [7, 11) is 0. The molecule has 4 heteroatoms. The molecule has 1 unspecified atom stereocenters. The Kier molecular flexibility index (Phi) is 2.97. The lowest BCUT2D eigenvalue weighted by molar-refractivity contribution is -0.516. The van der Waals surface area contributed by atoms with Crippen molar-refractivity contribution in [2.75, 3.05) is 0 Å². The summed E-state index contributed by atoms with van der Waals surface area (Å²) < 4.78 is 0. The Morgan fingerprint density at radius 2 is 2.00 bits per heavy atom. The molecule has 0 aliphatic heterocycles. The number of hydrogen-bond acceptors (Lipinski definition) is 2. The van der Waals surface area contributed by atoms with Gasteiger partial charge in [0.1, 0.15) is 0 Å². The lowest BCUT2D eigenvalue weighted by atomic mass is 10.3. The van der Waals surface area contributed by atoms with Crippen LogP contribution in [-0.2, 0) is 0 Å². The van der Waals surface area contributed by atoms with Gasteiger partial charge in [-0.05, 0) is 6.92 Å². The Bertz CT molecular complexity index is 94.0. The second-order valence-electron chi connectivity index (χ2n) is 1.70. The number of rotatable bonds is 2. The molecule has 0 aliphatic rings. The van der Waals surface area contributed by atoms with Crippen LogP contribution in [0.2, 0.25) is 0 Å². The van der Waals surface area contributed by atoms with Crippen molar-refractivity contribution in [1.82, 2.24) is 0 Å². The van der Waals surface area contributed by atoms with E-state index in [2.05, 4.69) is 15.9 Å². The second kappa shape index (κ2) is 3.02. The summed E-state index contributed by atoms with van der Waals surface area (Å²) in [5.41, 5.74) is 0. The Morgan fingerprint density at radius 1 is 1.62 bits per heavy atom. The standard InChI is InChI=1S/C4H8BrNO2/c1-3(5)4(2)6(7)8/h3-4H,1-2H3/t3?,4-/m0/s1. The van der Waals surface area contributed by atoms with E-state index in [0.29, 0.717) is 0 Å². The molecule has 0 aromatic heterocycles. The van der Waals surface area contributed by atoms with Crippen LogP contribution in [0.5, 0.6) is 0 Å². The van der Waals surface area contributed by atoms with Crippen LogP contribution in [0.25, 0.3) is 0 Å². The first-order valence-electron chi connectivity index (χ1n) is 2.33. The minimum atomic E-state index is -0.491. The summed E-state index contributed by atoms with van der Waals surface area (Å²) in [6, 6.07) is -0.491. The fourth-order valence-electron chi connectivity index (χ4n) is 0.168. The van der Waals surface area contributed by atoms with Gasteiger partial charge in [-0.25, -0.2) is 0 Å². The van der Waals surface area contributed by atoms with Crippen molar-refractivity contribution in [2.24, 2.45) is 0 Å². The summed E-state index contributed by atoms with van der Waals surface area (Å²) >= 11 is 3.10. The van der Waals surface area contributed by atoms with E-state index in [1.54, 1.807) is 13.8 Å². The van der Waals surface area contributed by atoms with Crippen LogP contribution in [0, 0.1) is 10.1 Å². The quantitative estimate of drug-likeness (QED) is 0.368. The minimum Gasteiger partial charge on any atom is -0.264 e. The number of nitrogens with zero attached hydrogens (tertiary/aromatic N) is 1. The van der Waals surface area contributed by atoms with Crippen LogP contribution in [0.4, 0.5) is 0 Å². The van der Waals surface area contributed by atoms with Crippen LogP contribution in [0.15, 0.2) is 0 Å². The largest absolute Gasteiger partial charge is 0.264 e. The summed E-state index contributed by atoms with van der Waals surface area (Å²) in [5.74, 6) is 0. The van der Waals surface area contributed by atoms with E-state index >= 15 is 0 Å². The van der Waals surface area contributed by atoms with Gasteiger partial charge in [0.25, 0.3) is 0 Å². The molecule has 0 saturated heterocycles. The number of alkyl halides is 1. The molecule has 0 saturated carbocycles. The van der Waals surface area contributed by atoms with Gasteiger partial charge in [0.15, 0.2) is 0 Å².